The Hall–Kier alpha value is -1.27. The van der Waals surface area contributed by atoms with Gasteiger partial charge in [0.15, 0.2) is 0 Å². The number of phosphoric acid groups is 1. The van der Waals surface area contributed by atoms with E-state index in [9.17, 15) is 4.57 Å². The van der Waals surface area contributed by atoms with Crippen molar-refractivity contribution < 1.29 is 23.3 Å². The molecule has 1 aliphatic carbocycles. The van der Waals surface area contributed by atoms with Crippen LogP contribution >= 0.6 is 7.82 Å². The first-order valence-electron chi connectivity index (χ1n) is 9.53. The monoisotopic (exact) mass is 420 g/mol. The van der Waals surface area contributed by atoms with E-state index in [4.69, 9.17) is 18.7 Å². The topological polar surface area (TPSA) is 76.0 Å². The van der Waals surface area contributed by atoms with Crippen LogP contribution in [0.2, 0.25) is 5.04 Å². The van der Waals surface area contributed by atoms with Crippen LogP contribution in [0.25, 0.3) is 0 Å². The molecule has 5 nitrogen and oxygen atoms in total. The predicted octanol–water partition coefficient (Wildman–Crippen LogP) is 3.45. The van der Waals surface area contributed by atoms with Gasteiger partial charge in [-0.05, 0) is 28.3 Å². The Kier molecular flexibility index (Phi) is 6.02. The van der Waals surface area contributed by atoms with Crippen molar-refractivity contribution in [3.05, 3.63) is 60.7 Å². The smallest absolute Gasteiger partial charge is 0.407 e. The van der Waals surface area contributed by atoms with E-state index in [2.05, 4.69) is 45.0 Å². The third-order valence-electron chi connectivity index (χ3n) is 5.51. The third-order valence-corrected chi connectivity index (χ3v) is 11.0. The normalized spacial score (nSPS) is 16.8. The highest BCUT2D eigenvalue weighted by Gasteiger charge is 2.53. The van der Waals surface area contributed by atoms with Crippen LogP contribution in [-0.4, -0.2) is 31.3 Å². The van der Waals surface area contributed by atoms with Gasteiger partial charge in [-0.3, -0.25) is 4.52 Å². The maximum absolute atomic E-state index is 11.1. The summed E-state index contributed by atoms with van der Waals surface area (Å²) in [6.45, 7) is 7.09. The zero-order chi connectivity index (χ0) is 20.5. The standard InChI is InChI=1S/C21H29O5PSi/c1-20(2,3)28(18-10-6-4-7-11-18,19-12-8-5-9-13-19)26-17-21(14-15-21)16-25-27(22,23)24/h4-13H,14-17H2,1-3H3,(H2,22,23,24). The third kappa shape index (κ3) is 4.65. The molecule has 3 rings (SSSR count). The molecular formula is C21H29O5PSi. The summed E-state index contributed by atoms with van der Waals surface area (Å²) in [5.41, 5.74) is -0.311. The fourth-order valence-corrected chi connectivity index (χ4v) is 8.87. The number of hydrogen-bond donors (Lipinski definition) is 2. The van der Waals surface area contributed by atoms with E-state index in [1.165, 1.54) is 10.4 Å². The quantitative estimate of drug-likeness (QED) is 0.505. The van der Waals surface area contributed by atoms with E-state index in [0.717, 1.165) is 12.8 Å². The number of hydrogen-bond acceptors (Lipinski definition) is 3. The summed E-state index contributed by atoms with van der Waals surface area (Å²) in [6, 6.07) is 20.7. The van der Waals surface area contributed by atoms with Crippen LogP contribution in [0.1, 0.15) is 33.6 Å². The minimum Gasteiger partial charge on any atom is -0.407 e. The number of benzene rings is 2. The van der Waals surface area contributed by atoms with Crippen LogP contribution in [-0.2, 0) is 13.5 Å². The van der Waals surface area contributed by atoms with Crippen molar-refractivity contribution in [2.45, 2.75) is 38.7 Å². The molecule has 0 aromatic heterocycles. The lowest BCUT2D eigenvalue weighted by molar-refractivity contribution is 0.121. The Morgan fingerprint density at radius 3 is 1.75 bits per heavy atom. The molecule has 28 heavy (non-hydrogen) atoms. The van der Waals surface area contributed by atoms with Gasteiger partial charge in [-0.15, -0.1) is 0 Å². The van der Waals surface area contributed by atoms with Gasteiger partial charge in [-0.2, -0.15) is 0 Å². The van der Waals surface area contributed by atoms with E-state index >= 15 is 0 Å². The molecule has 1 fully saturated rings. The van der Waals surface area contributed by atoms with E-state index in [1.807, 2.05) is 36.4 Å². The largest absolute Gasteiger partial charge is 0.469 e. The first kappa shape index (κ1) is 21.4. The summed E-state index contributed by atoms with van der Waals surface area (Å²) in [5, 5.41) is 2.26. The molecule has 0 aliphatic heterocycles. The lowest BCUT2D eigenvalue weighted by atomic mass is 10.1. The average Bonchev–Trinajstić information content (AvgIpc) is 3.41. The summed E-state index contributed by atoms with van der Waals surface area (Å²) >= 11 is 0. The summed E-state index contributed by atoms with van der Waals surface area (Å²) in [4.78, 5) is 18.2. The molecule has 0 heterocycles. The molecule has 1 saturated carbocycles. The Labute approximate surface area is 168 Å². The van der Waals surface area contributed by atoms with E-state index in [0.29, 0.717) is 6.61 Å². The Bertz CT molecular complexity index is 785. The average molecular weight is 421 g/mol. The number of phosphoric ester groups is 1. The number of rotatable bonds is 8. The van der Waals surface area contributed by atoms with Crippen LogP contribution in [0, 0.1) is 5.41 Å². The van der Waals surface area contributed by atoms with Crippen molar-refractivity contribution in [1.29, 1.82) is 0 Å². The van der Waals surface area contributed by atoms with Crippen molar-refractivity contribution in [3.8, 4) is 0 Å². The maximum atomic E-state index is 11.1. The van der Waals surface area contributed by atoms with E-state index in [1.54, 1.807) is 0 Å². The molecule has 0 atom stereocenters. The summed E-state index contributed by atoms with van der Waals surface area (Å²) < 4.78 is 22.8. The van der Waals surface area contributed by atoms with Gasteiger partial charge in [0, 0.05) is 12.0 Å². The van der Waals surface area contributed by atoms with Crippen LogP contribution in [0.5, 0.6) is 0 Å². The zero-order valence-corrected chi connectivity index (χ0v) is 18.6. The minimum atomic E-state index is -4.48. The highest BCUT2D eigenvalue weighted by molar-refractivity contribution is 7.46. The molecule has 7 heteroatoms. The molecule has 0 saturated heterocycles. The lowest BCUT2D eigenvalue weighted by Crippen LogP contribution is -2.67. The molecule has 0 amide bonds. The Balaban J connectivity index is 1.97. The molecule has 0 unspecified atom stereocenters. The molecule has 1 aliphatic rings. The van der Waals surface area contributed by atoms with Gasteiger partial charge in [-0.1, -0.05) is 81.4 Å². The molecule has 2 N–H and O–H groups in total. The first-order chi connectivity index (χ1) is 13.1. The van der Waals surface area contributed by atoms with E-state index < -0.39 is 16.1 Å². The van der Waals surface area contributed by atoms with Crippen LogP contribution < -0.4 is 10.4 Å². The Morgan fingerprint density at radius 2 is 1.39 bits per heavy atom. The summed E-state index contributed by atoms with van der Waals surface area (Å²) in [6.07, 6.45) is 1.70. The minimum absolute atomic E-state index is 0.0233. The molecule has 152 valence electrons. The van der Waals surface area contributed by atoms with E-state index in [-0.39, 0.29) is 17.1 Å². The predicted molar refractivity (Wildman–Crippen MR) is 113 cm³/mol. The van der Waals surface area contributed by atoms with Gasteiger partial charge in [0.05, 0.1) is 6.61 Å². The van der Waals surface area contributed by atoms with Gasteiger partial charge in [-0.25, -0.2) is 4.57 Å². The highest BCUT2D eigenvalue weighted by Crippen LogP contribution is 2.51. The highest BCUT2D eigenvalue weighted by atomic mass is 31.2. The van der Waals surface area contributed by atoms with Crippen molar-refractivity contribution >= 4 is 26.5 Å². The van der Waals surface area contributed by atoms with Crippen molar-refractivity contribution in [2.75, 3.05) is 13.2 Å². The van der Waals surface area contributed by atoms with Crippen LogP contribution in [0.4, 0.5) is 0 Å². The van der Waals surface area contributed by atoms with Gasteiger partial charge in [0.25, 0.3) is 8.32 Å². The van der Waals surface area contributed by atoms with Gasteiger partial charge >= 0.3 is 7.82 Å². The second kappa shape index (κ2) is 7.86. The molecule has 0 spiro atoms. The van der Waals surface area contributed by atoms with Gasteiger partial charge in [0.2, 0.25) is 0 Å². The van der Waals surface area contributed by atoms with Gasteiger partial charge < -0.3 is 14.2 Å². The Morgan fingerprint density at radius 1 is 0.929 bits per heavy atom. The first-order valence-corrected chi connectivity index (χ1v) is 13.0. The van der Waals surface area contributed by atoms with Crippen molar-refractivity contribution in [1.82, 2.24) is 0 Å². The van der Waals surface area contributed by atoms with Crippen LogP contribution in [0.15, 0.2) is 60.7 Å². The van der Waals surface area contributed by atoms with Crippen molar-refractivity contribution in [3.63, 3.8) is 0 Å². The maximum Gasteiger partial charge on any atom is 0.469 e. The fourth-order valence-electron chi connectivity index (χ4n) is 3.75. The van der Waals surface area contributed by atoms with Crippen LogP contribution in [0.3, 0.4) is 0 Å². The molecular weight excluding hydrogens is 391 g/mol. The SMILES string of the molecule is CC(C)(C)[Si](OCC1(COP(=O)(O)O)CC1)(c1ccccc1)c1ccccc1. The summed E-state index contributed by atoms with van der Waals surface area (Å²) in [7, 11) is -7.12. The molecule has 0 bridgehead atoms. The second-order valence-corrected chi connectivity index (χ2v) is 14.3. The van der Waals surface area contributed by atoms with Crippen molar-refractivity contribution in [2.24, 2.45) is 5.41 Å². The fraction of sp³-hybridized carbons (Fsp3) is 0.429. The lowest BCUT2D eigenvalue weighted by Gasteiger charge is -2.43. The summed E-state index contributed by atoms with van der Waals surface area (Å²) in [5.74, 6) is 0. The molecule has 2 aromatic rings. The molecule has 0 radical (unpaired) electrons. The van der Waals surface area contributed by atoms with Gasteiger partial charge in [0.1, 0.15) is 0 Å². The zero-order valence-electron chi connectivity index (χ0n) is 16.7. The molecule has 2 aromatic carbocycles. The second-order valence-electron chi connectivity index (χ2n) is 8.72.